The maximum absolute atomic E-state index is 14.9. The van der Waals surface area contributed by atoms with Crippen molar-refractivity contribution in [1.29, 1.82) is 0 Å². The van der Waals surface area contributed by atoms with E-state index in [1.54, 1.807) is 0 Å². The number of aliphatic carboxylic acids is 1. The summed E-state index contributed by atoms with van der Waals surface area (Å²) in [6, 6.07) is 11.7. The van der Waals surface area contributed by atoms with Crippen LogP contribution in [0.25, 0.3) is 0 Å². The van der Waals surface area contributed by atoms with E-state index >= 15 is 0 Å². The van der Waals surface area contributed by atoms with Gasteiger partial charge in [-0.05, 0) is 75.0 Å². The summed E-state index contributed by atoms with van der Waals surface area (Å²) in [6.07, 6.45) is 3.37. The van der Waals surface area contributed by atoms with Gasteiger partial charge in [-0.25, -0.2) is 4.39 Å². The van der Waals surface area contributed by atoms with Crippen LogP contribution in [0.4, 0.5) is 10.1 Å². The van der Waals surface area contributed by atoms with Gasteiger partial charge in [0, 0.05) is 23.4 Å². The van der Waals surface area contributed by atoms with Crippen LogP contribution in [0.2, 0.25) is 0 Å². The Kier molecular flexibility index (Phi) is 7.85. The molecule has 5 rings (SSSR count). The molecule has 2 bridgehead atoms. The molecule has 9 heteroatoms. The third-order valence-electron chi connectivity index (χ3n) is 8.51. The van der Waals surface area contributed by atoms with Crippen molar-refractivity contribution in [2.45, 2.75) is 63.3 Å². The molecule has 2 aromatic rings. The van der Waals surface area contributed by atoms with Crippen LogP contribution in [0.5, 0.6) is 11.5 Å². The molecule has 1 unspecified atom stereocenters. The second kappa shape index (κ2) is 11.3. The van der Waals surface area contributed by atoms with Crippen molar-refractivity contribution in [3.05, 3.63) is 53.8 Å². The molecule has 8 nitrogen and oxygen atoms in total. The summed E-state index contributed by atoms with van der Waals surface area (Å²) in [5.74, 6) is -1.52. The molecule has 3 aliphatic carbocycles. The van der Waals surface area contributed by atoms with E-state index in [0.717, 1.165) is 24.9 Å². The summed E-state index contributed by atoms with van der Waals surface area (Å²) in [5, 5.41) is 26.8. The van der Waals surface area contributed by atoms with Crippen LogP contribution in [-0.4, -0.2) is 41.3 Å². The number of amides is 1. The lowest BCUT2D eigenvalue weighted by molar-refractivity contribution is -0.143. The predicted octanol–water partition coefficient (Wildman–Crippen LogP) is 4.49. The first kappa shape index (κ1) is 26.4. The highest BCUT2D eigenvalue weighted by molar-refractivity contribution is 5.93. The lowest BCUT2D eigenvalue weighted by Gasteiger charge is -2.33. The summed E-state index contributed by atoms with van der Waals surface area (Å²) >= 11 is 0. The predicted molar refractivity (Wildman–Crippen MR) is 138 cm³/mol. The van der Waals surface area contributed by atoms with Gasteiger partial charge in [-0.3, -0.25) is 14.9 Å². The Bertz CT molecular complexity index is 1150. The lowest BCUT2D eigenvalue weighted by Crippen LogP contribution is -2.47. The van der Waals surface area contributed by atoms with Gasteiger partial charge in [0.1, 0.15) is 12.0 Å². The Labute approximate surface area is 221 Å². The Balaban J connectivity index is 1.31. The fourth-order valence-electron chi connectivity index (χ4n) is 6.57. The van der Waals surface area contributed by atoms with Crippen LogP contribution < -0.4 is 20.1 Å². The van der Waals surface area contributed by atoms with Crippen LogP contribution >= 0.6 is 0 Å². The first-order chi connectivity index (χ1) is 18.3. The number of hydrogen-bond donors (Lipinski definition) is 4. The van der Waals surface area contributed by atoms with Gasteiger partial charge in [-0.1, -0.05) is 18.2 Å². The van der Waals surface area contributed by atoms with E-state index < -0.39 is 23.9 Å². The van der Waals surface area contributed by atoms with Crippen LogP contribution in [0.15, 0.2) is 42.5 Å². The highest BCUT2D eigenvalue weighted by Gasteiger charge is 2.51. The first-order valence-electron chi connectivity index (χ1n) is 13.4. The number of fused-ring (bicyclic) bond motifs is 2. The average Bonchev–Trinajstić information content (AvgIpc) is 3.52. The van der Waals surface area contributed by atoms with Gasteiger partial charge in [-0.2, -0.15) is 0 Å². The molecule has 38 heavy (non-hydrogen) atoms. The number of carboxylic acid groups (broad SMARTS) is 1. The zero-order valence-electron chi connectivity index (χ0n) is 21.4. The molecule has 1 amide bonds. The van der Waals surface area contributed by atoms with E-state index in [2.05, 4.69) is 10.6 Å². The third kappa shape index (κ3) is 5.49. The van der Waals surface area contributed by atoms with E-state index in [4.69, 9.17) is 9.47 Å². The summed E-state index contributed by atoms with van der Waals surface area (Å²) in [4.78, 5) is 24.5. The van der Waals surface area contributed by atoms with Gasteiger partial charge in [-0.15, -0.1) is 0 Å². The molecule has 204 valence electrons. The number of rotatable bonds is 9. The number of aliphatic hydroxyl groups is 1. The number of halogens is 1. The smallest absolute Gasteiger partial charge is 0.306 e. The molecule has 0 aliphatic heterocycles. The molecule has 0 saturated heterocycles. The summed E-state index contributed by atoms with van der Waals surface area (Å²) in [5.41, 5.74) is 1.06. The monoisotopic (exact) mass is 526 g/mol. The number of anilines is 1. The second-order valence-electron chi connectivity index (χ2n) is 10.8. The zero-order chi connectivity index (χ0) is 26.8. The number of carbonyl (C=O) groups is 2. The van der Waals surface area contributed by atoms with E-state index in [1.807, 2.05) is 30.3 Å². The van der Waals surface area contributed by atoms with Crippen molar-refractivity contribution >= 4 is 17.6 Å². The molecule has 2 aromatic carbocycles. The van der Waals surface area contributed by atoms with E-state index in [-0.39, 0.29) is 47.3 Å². The van der Waals surface area contributed by atoms with Crippen molar-refractivity contribution in [3.8, 4) is 11.5 Å². The largest absolute Gasteiger partial charge is 0.496 e. The Morgan fingerprint density at radius 2 is 1.71 bits per heavy atom. The van der Waals surface area contributed by atoms with Crippen LogP contribution in [0.1, 0.15) is 56.7 Å². The van der Waals surface area contributed by atoms with Crippen molar-refractivity contribution < 1.29 is 33.7 Å². The van der Waals surface area contributed by atoms with Crippen molar-refractivity contribution in [1.82, 2.24) is 5.32 Å². The number of para-hydroxylation sites is 1. The number of carboxylic acids is 1. The minimum atomic E-state index is -1.20. The fraction of sp³-hybridized carbons (Fsp3) is 0.517. The number of aliphatic hydroxyl groups excluding tert-OH is 1. The highest BCUT2D eigenvalue weighted by Crippen LogP contribution is 2.49. The highest BCUT2D eigenvalue weighted by atomic mass is 19.1. The molecule has 3 saturated carbocycles. The number of ether oxygens (including phenoxy) is 2. The summed E-state index contributed by atoms with van der Waals surface area (Å²) in [7, 11) is 1.41. The molecule has 0 spiro atoms. The average molecular weight is 527 g/mol. The van der Waals surface area contributed by atoms with Crippen molar-refractivity contribution in [2.75, 3.05) is 12.4 Å². The fourth-order valence-corrected chi connectivity index (χ4v) is 6.57. The third-order valence-corrected chi connectivity index (χ3v) is 8.51. The van der Waals surface area contributed by atoms with Gasteiger partial charge in [0.25, 0.3) is 0 Å². The van der Waals surface area contributed by atoms with Gasteiger partial charge >= 0.3 is 5.97 Å². The van der Waals surface area contributed by atoms with Gasteiger partial charge in [0.2, 0.25) is 5.91 Å². The van der Waals surface area contributed by atoms with E-state index in [1.165, 1.54) is 19.2 Å². The molecule has 5 atom stereocenters. The van der Waals surface area contributed by atoms with Gasteiger partial charge < -0.3 is 25.0 Å². The molecule has 0 radical (unpaired) electrons. The number of hydrogen-bond acceptors (Lipinski definition) is 6. The maximum Gasteiger partial charge on any atom is 0.306 e. The number of benzene rings is 2. The van der Waals surface area contributed by atoms with Crippen LogP contribution in [0, 0.1) is 29.5 Å². The van der Waals surface area contributed by atoms with E-state index in [0.29, 0.717) is 31.2 Å². The quantitative estimate of drug-likeness (QED) is 0.356. The molecule has 3 aliphatic rings. The Hall–Kier alpha value is -3.17. The summed E-state index contributed by atoms with van der Waals surface area (Å²) in [6.45, 7) is 0. The van der Waals surface area contributed by atoms with Crippen LogP contribution in [-0.2, 0) is 9.59 Å². The Morgan fingerprint density at radius 1 is 1.00 bits per heavy atom. The minimum Gasteiger partial charge on any atom is -0.496 e. The molecule has 4 N–H and O–H groups in total. The SMILES string of the molecule is COc1cc(F)c(O[C@H]2CC[C@@H](C(=O)O)CC2)cc1C(O)N[C@@H]1[C@H]2CC[C@H](C2)[C@@H]1C(=O)Nc1ccccc1. The van der Waals surface area contributed by atoms with Gasteiger partial charge in [0.05, 0.1) is 25.0 Å². The standard InChI is InChI=1S/C29H35FN2O6/c1-37-23-15-22(30)24(38-20-11-9-16(10-12-20)29(35)36)14-21(23)27(33)32-26-18-8-7-17(13-18)25(26)28(34)31-19-5-3-2-4-6-19/h2-6,14-18,20,25-27,32-33H,7-13H2,1H3,(H,31,34)(H,35,36)/t16-,17-,18+,20+,25+,26-,27?/m1/s1. The van der Waals surface area contributed by atoms with Crippen molar-refractivity contribution in [3.63, 3.8) is 0 Å². The number of carbonyl (C=O) groups excluding carboxylic acids is 1. The normalized spacial score (nSPS) is 29.0. The zero-order valence-corrected chi connectivity index (χ0v) is 21.4. The van der Waals surface area contributed by atoms with Crippen molar-refractivity contribution in [2.24, 2.45) is 23.7 Å². The maximum atomic E-state index is 14.9. The minimum absolute atomic E-state index is 0.00765. The van der Waals surface area contributed by atoms with Gasteiger partial charge in [0.15, 0.2) is 11.6 Å². The molecular formula is C29H35FN2O6. The second-order valence-corrected chi connectivity index (χ2v) is 10.8. The number of methoxy groups -OCH3 is 1. The lowest BCUT2D eigenvalue weighted by atomic mass is 9.83. The molecular weight excluding hydrogens is 491 g/mol. The molecule has 0 heterocycles. The topological polar surface area (TPSA) is 117 Å². The number of nitrogens with one attached hydrogen (secondary N) is 2. The Morgan fingerprint density at radius 3 is 2.39 bits per heavy atom. The molecule has 0 aromatic heterocycles. The summed E-state index contributed by atoms with van der Waals surface area (Å²) < 4.78 is 26.2. The van der Waals surface area contributed by atoms with E-state index in [9.17, 15) is 24.2 Å². The first-order valence-corrected chi connectivity index (χ1v) is 13.4. The van der Waals surface area contributed by atoms with Crippen LogP contribution in [0.3, 0.4) is 0 Å². The molecule has 3 fully saturated rings.